The van der Waals surface area contributed by atoms with Crippen LogP contribution in [-0.4, -0.2) is 0 Å². The fraction of sp³-hybridized carbons (Fsp3) is 0.0566. The average Bonchev–Trinajstić information content (AvgIpc) is 3.45. The van der Waals surface area contributed by atoms with Gasteiger partial charge in [-0.3, -0.25) is 0 Å². The van der Waals surface area contributed by atoms with Crippen LogP contribution in [0.4, 0.5) is 0 Å². The molecule has 0 saturated heterocycles. The number of hydrogen-bond acceptors (Lipinski definition) is 0. The molecule has 0 heteroatoms. The topological polar surface area (TPSA) is 0 Å². The average molecular weight is 673 g/mol. The Balaban J connectivity index is 1.09. The van der Waals surface area contributed by atoms with Crippen molar-refractivity contribution in [1.29, 1.82) is 0 Å². The maximum atomic E-state index is 2.43. The Kier molecular flexibility index (Phi) is 6.40. The molecule has 1 aliphatic rings. The lowest BCUT2D eigenvalue weighted by Gasteiger charge is -2.23. The summed E-state index contributed by atoms with van der Waals surface area (Å²) < 4.78 is 0. The van der Waals surface area contributed by atoms with E-state index in [1.165, 1.54) is 109 Å². The van der Waals surface area contributed by atoms with Crippen molar-refractivity contribution >= 4 is 53.9 Å². The second-order valence-corrected chi connectivity index (χ2v) is 15.2. The van der Waals surface area contributed by atoms with Crippen LogP contribution in [0, 0.1) is 0 Å². The molecule has 0 aromatic heterocycles. The van der Waals surface area contributed by atoms with Crippen molar-refractivity contribution in [2.45, 2.75) is 19.3 Å². The van der Waals surface area contributed by atoms with Crippen LogP contribution in [0.15, 0.2) is 182 Å². The first-order chi connectivity index (χ1) is 26.0. The lowest BCUT2D eigenvalue weighted by atomic mass is 9.80. The van der Waals surface area contributed by atoms with Crippen molar-refractivity contribution in [3.63, 3.8) is 0 Å². The van der Waals surface area contributed by atoms with Gasteiger partial charge in [-0.25, -0.2) is 0 Å². The summed E-state index contributed by atoms with van der Waals surface area (Å²) in [4.78, 5) is 0. The van der Waals surface area contributed by atoms with Gasteiger partial charge in [0.15, 0.2) is 0 Å². The number of fused-ring (bicyclic) bond motifs is 10. The van der Waals surface area contributed by atoms with Gasteiger partial charge in [0.1, 0.15) is 0 Å². The van der Waals surface area contributed by atoms with Gasteiger partial charge in [-0.05, 0) is 128 Å². The minimum atomic E-state index is -0.0652. The van der Waals surface area contributed by atoms with E-state index in [9.17, 15) is 0 Å². The second-order valence-electron chi connectivity index (χ2n) is 15.2. The largest absolute Gasteiger partial charge is 0.0616 e. The summed E-state index contributed by atoms with van der Waals surface area (Å²) in [5.74, 6) is 0. The van der Waals surface area contributed by atoms with Gasteiger partial charge in [0.25, 0.3) is 0 Å². The van der Waals surface area contributed by atoms with Crippen molar-refractivity contribution in [2.75, 3.05) is 0 Å². The fourth-order valence-corrected chi connectivity index (χ4v) is 9.57. The van der Waals surface area contributed by atoms with Gasteiger partial charge in [0.2, 0.25) is 0 Å². The Hall–Kier alpha value is -6.50. The van der Waals surface area contributed by atoms with Crippen LogP contribution in [-0.2, 0) is 5.41 Å². The van der Waals surface area contributed by atoms with Crippen molar-refractivity contribution in [2.24, 2.45) is 0 Å². The van der Waals surface area contributed by atoms with Crippen LogP contribution in [0.1, 0.15) is 25.0 Å². The molecule has 0 atom stereocenters. The quantitative estimate of drug-likeness (QED) is 0.129. The third kappa shape index (κ3) is 4.42. The number of benzene rings is 10. The van der Waals surface area contributed by atoms with Gasteiger partial charge < -0.3 is 0 Å². The fourth-order valence-electron chi connectivity index (χ4n) is 9.57. The molecule has 0 heterocycles. The lowest BCUT2D eigenvalue weighted by Crippen LogP contribution is -2.15. The van der Waals surface area contributed by atoms with Gasteiger partial charge in [-0.15, -0.1) is 0 Å². The van der Waals surface area contributed by atoms with E-state index >= 15 is 0 Å². The summed E-state index contributed by atoms with van der Waals surface area (Å²) in [5.41, 5.74) is 13.0. The van der Waals surface area contributed by atoms with Gasteiger partial charge in [-0.2, -0.15) is 0 Å². The first kappa shape index (κ1) is 30.2. The molecule has 0 radical (unpaired) electrons. The third-order valence-corrected chi connectivity index (χ3v) is 12.0. The number of hydrogen-bond donors (Lipinski definition) is 0. The molecule has 0 saturated carbocycles. The van der Waals surface area contributed by atoms with E-state index in [2.05, 4.69) is 196 Å². The maximum Gasteiger partial charge on any atom is 0.0165 e. The molecule has 0 aliphatic heterocycles. The molecule has 0 unspecified atom stereocenters. The second kappa shape index (κ2) is 11.2. The normalized spacial score (nSPS) is 13.2. The Morgan fingerprint density at radius 1 is 0.302 bits per heavy atom. The summed E-state index contributed by atoms with van der Waals surface area (Å²) >= 11 is 0. The summed E-state index contributed by atoms with van der Waals surface area (Å²) in [6, 6.07) is 67.9. The Bertz CT molecular complexity index is 3080. The van der Waals surface area contributed by atoms with E-state index in [1.54, 1.807) is 0 Å². The zero-order valence-electron chi connectivity index (χ0n) is 29.8. The van der Waals surface area contributed by atoms with Crippen LogP contribution >= 0.6 is 0 Å². The van der Waals surface area contributed by atoms with Crippen molar-refractivity contribution < 1.29 is 0 Å². The summed E-state index contributed by atoms with van der Waals surface area (Å²) in [6.45, 7) is 4.76. The maximum absolute atomic E-state index is 2.43. The lowest BCUT2D eigenvalue weighted by molar-refractivity contribution is 0.666. The van der Waals surface area contributed by atoms with Crippen LogP contribution in [0.5, 0.6) is 0 Å². The number of rotatable bonds is 3. The highest BCUT2D eigenvalue weighted by Crippen LogP contribution is 2.52. The monoisotopic (exact) mass is 672 g/mol. The van der Waals surface area contributed by atoms with Gasteiger partial charge in [0.05, 0.1) is 0 Å². The smallest absolute Gasteiger partial charge is 0.0165 e. The summed E-state index contributed by atoms with van der Waals surface area (Å²) in [7, 11) is 0. The molecule has 11 rings (SSSR count). The van der Waals surface area contributed by atoms with Crippen LogP contribution in [0.2, 0.25) is 0 Å². The predicted octanol–water partition coefficient (Wildman–Crippen LogP) is 14.8. The Labute approximate surface area is 309 Å². The molecule has 53 heavy (non-hydrogen) atoms. The molecule has 0 nitrogen and oxygen atoms in total. The predicted molar refractivity (Wildman–Crippen MR) is 228 cm³/mol. The minimum absolute atomic E-state index is 0.0652. The van der Waals surface area contributed by atoms with Crippen molar-refractivity contribution in [3.05, 3.63) is 193 Å². The molecular formula is C53H36. The van der Waals surface area contributed by atoms with E-state index in [4.69, 9.17) is 0 Å². The molecular weight excluding hydrogens is 637 g/mol. The molecule has 0 N–H and O–H groups in total. The van der Waals surface area contributed by atoms with Crippen molar-refractivity contribution in [3.8, 4) is 44.5 Å². The van der Waals surface area contributed by atoms with Gasteiger partial charge in [-0.1, -0.05) is 178 Å². The molecule has 1 aliphatic carbocycles. The van der Waals surface area contributed by atoms with Gasteiger partial charge in [0, 0.05) is 5.41 Å². The van der Waals surface area contributed by atoms with E-state index < -0.39 is 0 Å². The standard InChI is InChI=1S/C53H36/c1-53(2)49-29-26-36(32-48(49)47-28-24-34-13-4-6-17-42(34)52(47)53)35-14-11-15-38(30-35)50-43-18-7-9-20-45(43)51(46-21-10-8-19-44(46)50)39-25-27-41-37(31-39)23-22-33-12-3-5-16-40(33)41/h3-32H,1-2H3. The summed E-state index contributed by atoms with van der Waals surface area (Å²) in [5, 5.41) is 12.9. The van der Waals surface area contributed by atoms with E-state index in [0.717, 1.165) is 0 Å². The zero-order valence-corrected chi connectivity index (χ0v) is 29.8. The van der Waals surface area contributed by atoms with Crippen molar-refractivity contribution in [1.82, 2.24) is 0 Å². The first-order valence-electron chi connectivity index (χ1n) is 18.7. The molecule has 10 aromatic rings. The van der Waals surface area contributed by atoms with E-state index in [-0.39, 0.29) is 5.41 Å². The van der Waals surface area contributed by atoms with E-state index in [1.807, 2.05) is 0 Å². The Morgan fingerprint density at radius 2 is 0.792 bits per heavy atom. The minimum Gasteiger partial charge on any atom is -0.0616 e. The van der Waals surface area contributed by atoms with E-state index in [0.29, 0.717) is 0 Å². The SMILES string of the molecule is CC1(C)c2ccc(-c3cccc(-c4c5ccccc5c(-c5ccc6c(ccc7ccccc76)c5)c5ccccc45)c3)cc2-c2ccc3ccccc3c21. The van der Waals surface area contributed by atoms with Gasteiger partial charge >= 0.3 is 0 Å². The molecule has 0 fully saturated rings. The molecule has 0 amide bonds. The van der Waals surface area contributed by atoms with Crippen LogP contribution in [0.3, 0.4) is 0 Å². The zero-order chi connectivity index (χ0) is 35.3. The highest BCUT2D eigenvalue weighted by atomic mass is 14.4. The summed E-state index contributed by atoms with van der Waals surface area (Å²) in [6.07, 6.45) is 0. The molecule has 248 valence electrons. The highest BCUT2D eigenvalue weighted by Gasteiger charge is 2.37. The Morgan fingerprint density at radius 3 is 1.49 bits per heavy atom. The first-order valence-corrected chi connectivity index (χ1v) is 18.7. The van der Waals surface area contributed by atoms with Crippen LogP contribution in [0.25, 0.3) is 98.4 Å². The molecule has 0 bridgehead atoms. The van der Waals surface area contributed by atoms with Crippen LogP contribution < -0.4 is 0 Å². The highest BCUT2D eigenvalue weighted by molar-refractivity contribution is 6.22. The molecule has 0 spiro atoms. The molecule has 10 aromatic carbocycles. The third-order valence-electron chi connectivity index (χ3n) is 12.0.